The van der Waals surface area contributed by atoms with E-state index in [9.17, 15) is 14.4 Å². The van der Waals surface area contributed by atoms with Crippen molar-refractivity contribution in [2.75, 3.05) is 0 Å². The molecule has 3 aromatic rings. The molecule has 0 spiro atoms. The average Bonchev–Trinajstić information content (AvgIpc) is 2.91. The van der Waals surface area contributed by atoms with Gasteiger partial charge in [-0.2, -0.15) is 0 Å². The van der Waals surface area contributed by atoms with E-state index in [1.807, 2.05) is 0 Å². The number of H-pyrrole nitrogens is 1. The highest BCUT2D eigenvalue weighted by atomic mass is 35.5. The fraction of sp³-hybridized carbons (Fsp3) is 0.0556. The number of carbonyl (C=O) groups excluding carboxylic acids is 2. The predicted molar refractivity (Wildman–Crippen MR) is 96.1 cm³/mol. The topological polar surface area (TPSA) is 96.5 Å². The van der Waals surface area contributed by atoms with Gasteiger partial charge >= 0.3 is 11.9 Å². The number of fused-ring (bicyclic) bond motifs is 1. The van der Waals surface area contributed by atoms with Gasteiger partial charge in [-0.25, -0.2) is 0 Å². The van der Waals surface area contributed by atoms with E-state index in [-0.39, 0.29) is 22.0 Å². The van der Waals surface area contributed by atoms with Crippen LogP contribution in [0, 0.1) is 0 Å². The van der Waals surface area contributed by atoms with Crippen molar-refractivity contribution in [3.8, 4) is 5.75 Å². The third-order valence-electron chi connectivity index (χ3n) is 3.57. The van der Waals surface area contributed by atoms with Gasteiger partial charge < -0.3 is 14.8 Å². The Bertz CT molecular complexity index is 1040. The van der Waals surface area contributed by atoms with Gasteiger partial charge in [0.05, 0.1) is 10.5 Å². The summed E-state index contributed by atoms with van der Waals surface area (Å²) in [6.45, 7) is 0. The molecule has 0 atom stereocenters. The van der Waals surface area contributed by atoms with Crippen LogP contribution in [0.5, 0.6) is 5.75 Å². The Labute approximate surface area is 157 Å². The number of benzene rings is 2. The van der Waals surface area contributed by atoms with Crippen LogP contribution < -0.4 is 4.74 Å². The number of hydrogen-bond donors (Lipinski definition) is 2. The van der Waals surface area contributed by atoms with E-state index in [4.69, 9.17) is 33.0 Å². The number of carbonyl (C=O) groups is 3. The summed E-state index contributed by atoms with van der Waals surface area (Å²) in [6.07, 6.45) is -0.833. The number of halogens is 2. The lowest BCUT2D eigenvalue weighted by Crippen LogP contribution is -2.15. The number of hydrogen-bond acceptors (Lipinski definition) is 4. The van der Waals surface area contributed by atoms with Gasteiger partial charge in [0.2, 0.25) is 5.78 Å². The second-order valence-electron chi connectivity index (χ2n) is 5.37. The van der Waals surface area contributed by atoms with Gasteiger partial charge in [0.15, 0.2) is 5.75 Å². The first kappa shape index (κ1) is 18.0. The van der Waals surface area contributed by atoms with Crippen LogP contribution in [0.15, 0.2) is 42.5 Å². The van der Waals surface area contributed by atoms with Crippen molar-refractivity contribution in [3.05, 3.63) is 63.8 Å². The number of aromatic amines is 1. The lowest BCUT2D eigenvalue weighted by molar-refractivity contribution is -0.145. The van der Waals surface area contributed by atoms with E-state index >= 15 is 0 Å². The van der Waals surface area contributed by atoms with Crippen LogP contribution in [0.25, 0.3) is 10.9 Å². The summed E-state index contributed by atoms with van der Waals surface area (Å²) in [5, 5.41) is 9.81. The number of ether oxygens (including phenoxy) is 1. The maximum Gasteiger partial charge on any atom is 0.322 e. The minimum atomic E-state index is -1.34. The molecule has 0 amide bonds. The second kappa shape index (κ2) is 7.19. The fourth-order valence-corrected chi connectivity index (χ4v) is 2.86. The molecule has 8 heteroatoms. The molecule has 0 saturated heterocycles. The number of aromatic nitrogens is 1. The Morgan fingerprint density at radius 3 is 2.50 bits per heavy atom. The Balaban J connectivity index is 2.13. The molecule has 2 N–H and O–H groups in total. The van der Waals surface area contributed by atoms with Crippen LogP contribution in [0.2, 0.25) is 10.0 Å². The Morgan fingerprint density at radius 1 is 1.08 bits per heavy atom. The molecular formula is C18H11Cl2NO5. The second-order valence-corrected chi connectivity index (χ2v) is 6.22. The summed E-state index contributed by atoms with van der Waals surface area (Å²) in [5.74, 6) is -2.90. The lowest BCUT2D eigenvalue weighted by atomic mass is 10.1. The molecule has 1 heterocycles. The van der Waals surface area contributed by atoms with E-state index in [0.717, 1.165) is 0 Å². The third kappa shape index (κ3) is 3.56. The molecular weight excluding hydrogens is 381 g/mol. The van der Waals surface area contributed by atoms with Gasteiger partial charge in [-0.05, 0) is 30.3 Å². The Hall–Kier alpha value is -2.83. The average molecular weight is 392 g/mol. The highest BCUT2D eigenvalue weighted by Gasteiger charge is 2.24. The van der Waals surface area contributed by atoms with E-state index in [1.165, 1.54) is 6.07 Å². The molecule has 0 aliphatic rings. The van der Waals surface area contributed by atoms with Crippen molar-refractivity contribution >= 4 is 51.8 Å². The first-order valence-corrected chi connectivity index (χ1v) is 8.15. The zero-order chi connectivity index (χ0) is 18.8. The molecule has 132 valence electrons. The van der Waals surface area contributed by atoms with Crippen LogP contribution in [0.4, 0.5) is 0 Å². The molecule has 26 heavy (non-hydrogen) atoms. The molecule has 6 nitrogen and oxygen atoms in total. The van der Waals surface area contributed by atoms with Crippen molar-refractivity contribution in [1.29, 1.82) is 0 Å². The van der Waals surface area contributed by atoms with Crippen LogP contribution >= 0.6 is 23.2 Å². The zero-order valence-electron chi connectivity index (χ0n) is 13.1. The van der Waals surface area contributed by atoms with Gasteiger partial charge in [0, 0.05) is 16.0 Å². The summed E-state index contributed by atoms with van der Waals surface area (Å²) in [4.78, 5) is 38.3. The van der Waals surface area contributed by atoms with Crippen molar-refractivity contribution in [2.24, 2.45) is 0 Å². The number of carboxylic acid groups (broad SMARTS) is 1. The molecule has 0 saturated carbocycles. The predicted octanol–water partition coefficient (Wildman–Crippen LogP) is 4.09. The molecule has 1 aromatic heterocycles. The normalized spacial score (nSPS) is 10.7. The van der Waals surface area contributed by atoms with Crippen LogP contribution in [0.1, 0.15) is 22.5 Å². The van der Waals surface area contributed by atoms with Crippen molar-refractivity contribution in [3.63, 3.8) is 0 Å². The lowest BCUT2D eigenvalue weighted by Gasteiger charge is -2.06. The van der Waals surface area contributed by atoms with Gasteiger partial charge in [0.25, 0.3) is 0 Å². The molecule has 0 aliphatic heterocycles. The number of carboxylic acids is 1. The van der Waals surface area contributed by atoms with Gasteiger partial charge in [-0.3, -0.25) is 14.4 Å². The number of ketones is 1. The Kier molecular flexibility index (Phi) is 4.97. The molecule has 2 aromatic carbocycles. The quantitative estimate of drug-likeness (QED) is 0.387. The minimum absolute atomic E-state index is 0.0193. The first-order valence-electron chi connectivity index (χ1n) is 7.39. The smallest absolute Gasteiger partial charge is 0.322 e. The third-order valence-corrected chi connectivity index (χ3v) is 4.13. The number of nitrogens with one attached hydrogen (secondary N) is 1. The highest BCUT2D eigenvalue weighted by molar-refractivity contribution is 6.35. The van der Waals surface area contributed by atoms with Crippen LogP contribution in [-0.2, 0) is 9.59 Å². The summed E-state index contributed by atoms with van der Waals surface area (Å²) < 4.78 is 5.17. The molecule has 3 rings (SSSR count). The summed E-state index contributed by atoms with van der Waals surface area (Å²) in [5.41, 5.74) is 0.655. The monoisotopic (exact) mass is 391 g/mol. The fourth-order valence-electron chi connectivity index (χ4n) is 2.46. The van der Waals surface area contributed by atoms with E-state index in [1.54, 1.807) is 36.4 Å². The molecule has 0 aliphatic carbocycles. The van der Waals surface area contributed by atoms with Crippen molar-refractivity contribution < 1.29 is 24.2 Å². The van der Waals surface area contributed by atoms with Crippen LogP contribution in [0.3, 0.4) is 0 Å². The molecule has 0 unspecified atom stereocenters. The summed E-state index contributed by atoms with van der Waals surface area (Å²) in [7, 11) is 0. The van der Waals surface area contributed by atoms with E-state index in [2.05, 4.69) is 4.98 Å². The van der Waals surface area contributed by atoms with E-state index < -0.39 is 24.1 Å². The van der Waals surface area contributed by atoms with E-state index in [0.29, 0.717) is 15.9 Å². The molecule has 0 bridgehead atoms. The standard InChI is InChI=1S/C18H11Cl2NO5/c19-9-5-6-11-13(7-9)21-16(18(11)26-15(24)8-14(22)23)17(25)10-3-1-2-4-12(10)20/h1-7,21H,8H2,(H,22,23). The number of rotatable bonds is 5. The maximum atomic E-state index is 12.9. The molecule has 0 radical (unpaired) electrons. The number of aliphatic carboxylic acids is 1. The van der Waals surface area contributed by atoms with Gasteiger partial charge in [-0.15, -0.1) is 0 Å². The summed E-state index contributed by atoms with van der Waals surface area (Å²) >= 11 is 12.0. The van der Waals surface area contributed by atoms with Crippen molar-refractivity contribution in [1.82, 2.24) is 4.98 Å². The highest BCUT2D eigenvalue weighted by Crippen LogP contribution is 2.34. The summed E-state index contributed by atoms with van der Waals surface area (Å²) in [6, 6.07) is 11.1. The zero-order valence-corrected chi connectivity index (χ0v) is 14.6. The first-order chi connectivity index (χ1) is 12.4. The Morgan fingerprint density at radius 2 is 1.81 bits per heavy atom. The van der Waals surface area contributed by atoms with Crippen LogP contribution in [-0.4, -0.2) is 27.8 Å². The van der Waals surface area contributed by atoms with Gasteiger partial charge in [0.1, 0.15) is 12.1 Å². The van der Waals surface area contributed by atoms with Crippen molar-refractivity contribution in [2.45, 2.75) is 6.42 Å². The minimum Gasteiger partial charge on any atom is -0.481 e. The number of esters is 1. The molecule has 0 fully saturated rings. The van der Waals surface area contributed by atoms with Gasteiger partial charge in [-0.1, -0.05) is 35.3 Å². The largest absolute Gasteiger partial charge is 0.481 e. The maximum absolute atomic E-state index is 12.9. The SMILES string of the molecule is O=C(O)CC(=O)Oc1c(C(=O)c2ccccc2Cl)[nH]c2cc(Cl)ccc12.